The first-order valence-corrected chi connectivity index (χ1v) is 11.0. The van der Waals surface area contributed by atoms with Crippen LogP contribution in [-0.4, -0.2) is 61.4 Å². The highest BCUT2D eigenvalue weighted by Crippen LogP contribution is 2.38. The molecule has 0 spiro atoms. The van der Waals surface area contributed by atoms with Crippen LogP contribution in [0.4, 0.5) is 19.3 Å². The standard InChI is InChI=1S/C23H30F2N2O6/c1-6-31-18(29)10-17(28)13-9-14(24)20(12(2)19(13)25)27-11-15(21-16(27)7-8-32-21)26-22(30)33-23(3,4)5/h9,15-16,21H,6-8,10-11H2,1-5H3,(H,26,30)/t15-,16+,21+/m0/s1. The van der Waals surface area contributed by atoms with Gasteiger partial charge in [-0.05, 0) is 47.1 Å². The number of halogens is 2. The number of carbonyl (C=O) groups is 3. The molecule has 0 aliphatic carbocycles. The number of hydrogen-bond donors (Lipinski definition) is 1. The summed E-state index contributed by atoms with van der Waals surface area (Å²) in [6, 6.07) is 0.0523. The molecule has 3 rings (SSSR count). The van der Waals surface area contributed by atoms with Crippen LogP contribution >= 0.6 is 0 Å². The maximum absolute atomic E-state index is 15.2. The second kappa shape index (κ2) is 9.62. The van der Waals surface area contributed by atoms with Gasteiger partial charge in [-0.1, -0.05) is 0 Å². The number of nitrogens with one attached hydrogen (secondary N) is 1. The van der Waals surface area contributed by atoms with Gasteiger partial charge in [0, 0.05) is 18.7 Å². The van der Waals surface area contributed by atoms with E-state index in [1.54, 1.807) is 32.6 Å². The molecular weight excluding hydrogens is 438 g/mol. The van der Waals surface area contributed by atoms with Crippen LogP contribution in [0.2, 0.25) is 0 Å². The number of fused-ring (bicyclic) bond motifs is 1. The van der Waals surface area contributed by atoms with Crippen LogP contribution in [0.25, 0.3) is 0 Å². The summed E-state index contributed by atoms with van der Waals surface area (Å²) in [6.45, 7) is 8.88. The Morgan fingerprint density at radius 1 is 1.27 bits per heavy atom. The van der Waals surface area contributed by atoms with Crippen molar-refractivity contribution < 1.29 is 37.4 Å². The molecule has 3 atom stereocenters. The van der Waals surface area contributed by atoms with Gasteiger partial charge in [0.1, 0.15) is 23.7 Å². The number of amides is 1. The Hall–Kier alpha value is -2.75. The molecule has 0 unspecified atom stereocenters. The molecule has 0 aromatic heterocycles. The smallest absolute Gasteiger partial charge is 0.408 e. The van der Waals surface area contributed by atoms with Gasteiger partial charge in [-0.3, -0.25) is 9.59 Å². The van der Waals surface area contributed by atoms with Crippen molar-refractivity contribution in [3.63, 3.8) is 0 Å². The fourth-order valence-electron chi connectivity index (χ4n) is 4.35. The van der Waals surface area contributed by atoms with Crippen LogP contribution in [-0.2, 0) is 19.0 Å². The van der Waals surface area contributed by atoms with E-state index < -0.39 is 59.2 Å². The number of ether oxygens (including phenoxy) is 3. The highest BCUT2D eigenvalue weighted by Gasteiger charge is 2.48. The van der Waals surface area contributed by atoms with Crippen LogP contribution in [0.15, 0.2) is 6.07 Å². The van der Waals surface area contributed by atoms with Gasteiger partial charge in [-0.15, -0.1) is 0 Å². The summed E-state index contributed by atoms with van der Waals surface area (Å²) in [4.78, 5) is 37.9. The zero-order valence-electron chi connectivity index (χ0n) is 19.5. The number of alkyl carbamates (subject to hydrolysis) is 1. The highest BCUT2D eigenvalue weighted by molar-refractivity contribution is 6.06. The predicted octanol–water partition coefficient (Wildman–Crippen LogP) is 3.28. The van der Waals surface area contributed by atoms with Crippen molar-refractivity contribution in [3.05, 3.63) is 28.8 Å². The van der Waals surface area contributed by atoms with Crippen molar-refractivity contribution in [3.8, 4) is 0 Å². The van der Waals surface area contributed by atoms with Gasteiger partial charge in [0.25, 0.3) is 0 Å². The lowest BCUT2D eigenvalue weighted by Gasteiger charge is -2.27. The van der Waals surface area contributed by atoms with Crippen molar-refractivity contribution in [2.24, 2.45) is 0 Å². The molecule has 2 fully saturated rings. The highest BCUT2D eigenvalue weighted by atomic mass is 19.1. The number of rotatable bonds is 6. The first-order chi connectivity index (χ1) is 15.4. The second-order valence-electron chi connectivity index (χ2n) is 9.20. The number of Topliss-reactive ketones (excluding diaryl/α,β-unsaturated/α-hetero) is 1. The first kappa shape index (κ1) is 24.9. The quantitative estimate of drug-likeness (QED) is 0.389. The molecule has 1 amide bonds. The average molecular weight is 468 g/mol. The van der Waals surface area contributed by atoms with Gasteiger partial charge in [0.05, 0.1) is 36.0 Å². The third kappa shape index (κ3) is 5.43. The molecule has 10 heteroatoms. The third-order valence-electron chi connectivity index (χ3n) is 5.61. The van der Waals surface area contributed by atoms with E-state index in [0.29, 0.717) is 13.0 Å². The van der Waals surface area contributed by atoms with Crippen molar-refractivity contribution >= 4 is 23.5 Å². The normalized spacial score (nSPS) is 22.2. The Morgan fingerprint density at radius 2 is 1.97 bits per heavy atom. The van der Waals surface area contributed by atoms with E-state index >= 15 is 8.78 Å². The van der Waals surface area contributed by atoms with Crippen molar-refractivity contribution in [1.82, 2.24) is 5.32 Å². The number of hydrogen-bond acceptors (Lipinski definition) is 7. The van der Waals surface area contributed by atoms with Crippen LogP contribution < -0.4 is 10.2 Å². The molecule has 0 radical (unpaired) electrons. The number of anilines is 1. The molecule has 182 valence electrons. The van der Waals surface area contributed by atoms with E-state index in [2.05, 4.69) is 5.32 Å². The van der Waals surface area contributed by atoms with Crippen molar-refractivity contribution in [1.29, 1.82) is 0 Å². The lowest BCUT2D eigenvalue weighted by molar-refractivity contribution is -0.141. The zero-order chi connectivity index (χ0) is 24.5. The van der Waals surface area contributed by atoms with E-state index in [0.717, 1.165) is 6.07 Å². The van der Waals surface area contributed by atoms with Crippen LogP contribution in [0.3, 0.4) is 0 Å². The average Bonchev–Trinajstić information content (AvgIpc) is 3.28. The fourth-order valence-corrected chi connectivity index (χ4v) is 4.35. The fraction of sp³-hybridized carbons (Fsp3) is 0.609. The van der Waals surface area contributed by atoms with E-state index in [4.69, 9.17) is 14.2 Å². The number of carbonyl (C=O) groups excluding carboxylic acids is 3. The maximum Gasteiger partial charge on any atom is 0.408 e. The second-order valence-corrected chi connectivity index (χ2v) is 9.20. The lowest BCUT2D eigenvalue weighted by atomic mass is 10.0. The Balaban J connectivity index is 1.85. The number of ketones is 1. The molecule has 2 aliphatic heterocycles. The molecule has 33 heavy (non-hydrogen) atoms. The molecule has 2 saturated heterocycles. The Labute approximate surface area is 191 Å². The maximum atomic E-state index is 15.2. The number of nitrogens with zero attached hydrogens (tertiary/aromatic N) is 1. The van der Waals surface area contributed by atoms with Crippen molar-refractivity contribution in [2.75, 3.05) is 24.7 Å². The molecule has 8 nitrogen and oxygen atoms in total. The van der Waals surface area contributed by atoms with Gasteiger partial charge in [-0.2, -0.15) is 0 Å². The van der Waals surface area contributed by atoms with E-state index in [-0.39, 0.29) is 30.4 Å². The monoisotopic (exact) mass is 468 g/mol. The third-order valence-corrected chi connectivity index (χ3v) is 5.61. The summed E-state index contributed by atoms with van der Waals surface area (Å²) in [5.74, 6) is -3.33. The molecule has 0 saturated carbocycles. The summed E-state index contributed by atoms with van der Waals surface area (Å²) in [7, 11) is 0. The summed E-state index contributed by atoms with van der Waals surface area (Å²) in [5.41, 5.74) is -1.22. The Morgan fingerprint density at radius 3 is 2.61 bits per heavy atom. The number of esters is 1. The van der Waals surface area contributed by atoms with Gasteiger partial charge in [-0.25, -0.2) is 13.6 Å². The Kier molecular flexibility index (Phi) is 7.26. The van der Waals surface area contributed by atoms with Crippen LogP contribution in [0, 0.1) is 18.6 Å². The molecule has 1 N–H and O–H groups in total. The summed E-state index contributed by atoms with van der Waals surface area (Å²) < 4.78 is 46.2. The first-order valence-electron chi connectivity index (χ1n) is 11.0. The van der Waals surface area contributed by atoms with Crippen LogP contribution in [0.5, 0.6) is 0 Å². The van der Waals surface area contributed by atoms with Crippen LogP contribution in [0.1, 0.15) is 56.5 Å². The zero-order valence-corrected chi connectivity index (χ0v) is 19.5. The van der Waals surface area contributed by atoms with Gasteiger partial charge >= 0.3 is 12.1 Å². The molecule has 1 aromatic carbocycles. The van der Waals surface area contributed by atoms with Gasteiger partial charge < -0.3 is 24.4 Å². The van der Waals surface area contributed by atoms with E-state index in [1.165, 1.54) is 6.92 Å². The lowest BCUT2D eigenvalue weighted by Crippen LogP contribution is -2.45. The minimum absolute atomic E-state index is 0.00849. The largest absolute Gasteiger partial charge is 0.466 e. The molecule has 1 aromatic rings. The van der Waals surface area contributed by atoms with E-state index in [1.807, 2.05) is 0 Å². The summed E-state index contributed by atoms with van der Waals surface area (Å²) in [6.07, 6.45) is -1.13. The molecule has 0 bridgehead atoms. The Bertz CT molecular complexity index is 946. The topological polar surface area (TPSA) is 94.2 Å². The molecular formula is C23H30F2N2O6. The van der Waals surface area contributed by atoms with Crippen molar-refractivity contribution in [2.45, 2.75) is 71.2 Å². The summed E-state index contributed by atoms with van der Waals surface area (Å²) in [5, 5.41) is 2.77. The van der Waals surface area contributed by atoms with Gasteiger partial charge in [0.15, 0.2) is 5.78 Å². The SMILES string of the molecule is CCOC(=O)CC(=O)c1cc(F)c(N2C[C@H](NC(=O)OC(C)(C)C)[C@H]3OCC[C@H]32)c(C)c1F. The summed E-state index contributed by atoms with van der Waals surface area (Å²) >= 11 is 0. The van der Waals surface area contributed by atoms with Gasteiger partial charge in [0.2, 0.25) is 0 Å². The predicted molar refractivity (Wildman–Crippen MR) is 115 cm³/mol. The minimum atomic E-state index is -0.889. The molecule has 2 heterocycles. The van der Waals surface area contributed by atoms with E-state index in [9.17, 15) is 14.4 Å². The minimum Gasteiger partial charge on any atom is -0.466 e. The molecule has 2 aliphatic rings. The number of benzene rings is 1.